The third kappa shape index (κ3) is 17.2. The van der Waals surface area contributed by atoms with Crippen molar-refractivity contribution in [3.05, 3.63) is 71.9 Å². The Labute approximate surface area is 413 Å². The smallest absolute Gasteiger partial charge is 0.326 e. The van der Waals surface area contributed by atoms with Crippen molar-refractivity contribution in [3.8, 4) is 0 Å². The lowest BCUT2D eigenvalue weighted by Gasteiger charge is -2.31. The van der Waals surface area contributed by atoms with Crippen molar-refractivity contribution >= 4 is 64.2 Å². The van der Waals surface area contributed by atoms with Gasteiger partial charge >= 0.3 is 11.9 Å². The monoisotopic (exact) mass is 989 g/mol. The predicted molar refractivity (Wildman–Crippen MR) is 264 cm³/mol. The number of hydrogen-bond acceptors (Lipinski definition) is 11. The number of carbonyl (C=O) groups is 9. The Morgan fingerprint density at radius 3 is 1.92 bits per heavy atom. The second-order valence-corrected chi connectivity index (χ2v) is 19.0. The van der Waals surface area contributed by atoms with E-state index in [9.17, 15) is 48.3 Å². The van der Waals surface area contributed by atoms with Crippen LogP contribution in [0, 0.1) is 11.8 Å². The van der Waals surface area contributed by atoms with Crippen LogP contribution in [0.3, 0.4) is 0 Å². The maximum absolute atomic E-state index is 14.4. The minimum Gasteiger partial charge on any atom is -0.481 e. The first-order valence-electron chi connectivity index (χ1n) is 24.3. The molecular weight excluding hydrogens is 917 g/mol. The molecule has 0 saturated carbocycles. The fraction of sp³-hybridized carbons (Fsp3) is 0.540. The van der Waals surface area contributed by atoms with Crippen LogP contribution in [0.4, 0.5) is 0 Å². The number of H-pyrrole nitrogens is 1. The van der Waals surface area contributed by atoms with E-state index in [1.807, 2.05) is 38.1 Å². The molecule has 1 aromatic heterocycles. The number of hydrogen-bond donors (Lipinski definition) is 11. The van der Waals surface area contributed by atoms with Crippen molar-refractivity contribution in [1.29, 1.82) is 0 Å². The summed E-state index contributed by atoms with van der Waals surface area (Å²) in [5.41, 5.74) is 13.9. The molecule has 0 bridgehead atoms. The van der Waals surface area contributed by atoms with Gasteiger partial charge in [0, 0.05) is 42.9 Å². The number of carboxylic acid groups (broad SMARTS) is 2. The summed E-state index contributed by atoms with van der Waals surface area (Å²) < 4.78 is 0. The normalized spacial score (nSPS) is 16.5. The Balaban J connectivity index is 1.55. The highest BCUT2D eigenvalue weighted by atomic mass is 16.4. The Morgan fingerprint density at radius 1 is 0.690 bits per heavy atom. The molecule has 1 saturated heterocycles. The number of aromatic nitrogens is 1. The Morgan fingerprint density at radius 2 is 1.30 bits per heavy atom. The number of carboxylic acids is 2. The fourth-order valence-corrected chi connectivity index (χ4v) is 8.44. The molecule has 0 unspecified atom stereocenters. The standard InChI is InChI=1S/C50H72N10O11/c1-28(2)24-37(57-44(64)38(25-31-14-7-6-8-15-31)58-45(65)39(56-43(63)30(5)52)26-32-27-53-34-17-10-9-16-33(32)34)46(66)59-42(29(3)4)48(68)54-35(18-11-12-22-51)49(69)60-23-13-19-40(60)47(67)55-36(50(70)71)20-21-41(61)62/h6-10,14-17,27-30,35-40,42,53H,11-13,18-26,51-52H2,1-5H3,(H,54,68)(H,55,67)(H,56,63)(H,57,64)(H,58,65)(H,59,66)(H,61,62)(H,70,71)/t30-,35-,36-,37-,38-,39-,40-,42-/m0/s1. The Kier molecular flexibility index (Phi) is 22.0. The van der Waals surface area contributed by atoms with Crippen molar-refractivity contribution < 1.29 is 53.4 Å². The van der Waals surface area contributed by atoms with Gasteiger partial charge in [0.1, 0.15) is 42.3 Å². The van der Waals surface area contributed by atoms with Crippen LogP contribution in [-0.2, 0) is 56.0 Å². The SMILES string of the molecule is CC(C)C[C@H](NC(=O)[C@H](Cc1ccccc1)NC(=O)[C@H](Cc1c[nH]c2ccccc12)NC(=O)[C@H](C)N)C(=O)N[C@H](C(=O)N[C@@H](CCCCN)C(=O)N1CCC[C@H]1C(=O)N[C@@H](CCC(=O)O)C(=O)O)C(C)C. The Bertz CT molecular complexity index is 2320. The number of nitrogens with two attached hydrogens (primary N) is 2. The molecule has 1 fully saturated rings. The summed E-state index contributed by atoms with van der Waals surface area (Å²) in [6.07, 6.45) is 2.72. The molecule has 13 N–H and O–H groups in total. The van der Waals surface area contributed by atoms with Crippen molar-refractivity contribution in [2.75, 3.05) is 13.1 Å². The first kappa shape index (κ1) is 56.7. The van der Waals surface area contributed by atoms with Crippen LogP contribution in [-0.4, -0.2) is 135 Å². The van der Waals surface area contributed by atoms with E-state index < -0.39 is 114 Å². The molecule has 3 aromatic rings. The molecule has 1 aliphatic heterocycles. The molecule has 388 valence electrons. The minimum atomic E-state index is -1.50. The van der Waals surface area contributed by atoms with E-state index in [1.165, 1.54) is 11.8 Å². The molecule has 7 amide bonds. The zero-order valence-electron chi connectivity index (χ0n) is 41.2. The van der Waals surface area contributed by atoms with Crippen molar-refractivity contribution in [1.82, 2.24) is 41.8 Å². The van der Waals surface area contributed by atoms with E-state index in [1.54, 1.807) is 50.4 Å². The summed E-state index contributed by atoms with van der Waals surface area (Å²) in [5, 5.41) is 35.8. The molecule has 0 spiro atoms. The minimum absolute atomic E-state index is 0.0104. The zero-order valence-corrected chi connectivity index (χ0v) is 41.2. The molecule has 71 heavy (non-hydrogen) atoms. The van der Waals surface area contributed by atoms with Crippen LogP contribution < -0.4 is 43.4 Å². The summed E-state index contributed by atoms with van der Waals surface area (Å²) in [6, 6.07) is 6.87. The molecule has 8 atom stereocenters. The number of nitrogens with one attached hydrogen (secondary N) is 7. The highest BCUT2D eigenvalue weighted by Gasteiger charge is 2.40. The van der Waals surface area contributed by atoms with Crippen molar-refractivity contribution in [2.45, 2.75) is 147 Å². The number of amides is 7. The number of benzene rings is 2. The van der Waals surface area contributed by atoms with Gasteiger partial charge < -0.3 is 63.5 Å². The fourth-order valence-electron chi connectivity index (χ4n) is 8.44. The first-order chi connectivity index (χ1) is 33.7. The highest BCUT2D eigenvalue weighted by molar-refractivity contribution is 5.98. The van der Waals surface area contributed by atoms with Gasteiger partial charge in [-0.1, -0.05) is 76.2 Å². The van der Waals surface area contributed by atoms with Crippen LogP contribution in [0.15, 0.2) is 60.8 Å². The second kappa shape index (κ2) is 27.5. The number of aliphatic carboxylic acids is 2. The van der Waals surface area contributed by atoms with Crippen molar-refractivity contribution in [3.63, 3.8) is 0 Å². The van der Waals surface area contributed by atoms with Crippen LogP contribution in [0.1, 0.15) is 97.1 Å². The molecule has 4 rings (SSSR count). The van der Waals surface area contributed by atoms with Crippen LogP contribution in [0.2, 0.25) is 0 Å². The molecule has 0 radical (unpaired) electrons. The lowest BCUT2D eigenvalue weighted by molar-refractivity contribution is -0.145. The summed E-state index contributed by atoms with van der Waals surface area (Å²) in [7, 11) is 0. The predicted octanol–water partition coefficient (Wildman–Crippen LogP) is 0.981. The van der Waals surface area contributed by atoms with Crippen molar-refractivity contribution in [2.24, 2.45) is 23.3 Å². The summed E-state index contributed by atoms with van der Waals surface area (Å²) in [6.45, 7) is 9.00. The molecule has 1 aliphatic rings. The number of fused-ring (bicyclic) bond motifs is 1. The summed E-state index contributed by atoms with van der Waals surface area (Å²) in [4.78, 5) is 125. The average molecular weight is 989 g/mol. The number of likely N-dealkylation sites (tertiary alicyclic amines) is 1. The first-order valence-corrected chi connectivity index (χ1v) is 24.3. The highest BCUT2D eigenvalue weighted by Crippen LogP contribution is 2.22. The van der Waals surface area contributed by atoms with E-state index in [-0.39, 0.29) is 51.0 Å². The van der Waals surface area contributed by atoms with Gasteiger partial charge in [-0.2, -0.15) is 0 Å². The molecule has 2 heterocycles. The van der Waals surface area contributed by atoms with E-state index in [4.69, 9.17) is 16.6 Å². The van der Waals surface area contributed by atoms with E-state index in [0.29, 0.717) is 31.4 Å². The Hall–Kier alpha value is -6.87. The van der Waals surface area contributed by atoms with Gasteiger partial charge in [0.25, 0.3) is 0 Å². The molecular formula is C50H72N10O11. The maximum Gasteiger partial charge on any atom is 0.326 e. The van der Waals surface area contributed by atoms with Gasteiger partial charge in [0.2, 0.25) is 41.4 Å². The topological polar surface area (TPSA) is 337 Å². The summed E-state index contributed by atoms with van der Waals surface area (Å²) in [5.74, 6) is -8.08. The van der Waals surface area contributed by atoms with Crippen LogP contribution >= 0.6 is 0 Å². The average Bonchev–Trinajstić information content (AvgIpc) is 3.98. The van der Waals surface area contributed by atoms with E-state index in [0.717, 1.165) is 16.5 Å². The van der Waals surface area contributed by atoms with Crippen LogP contribution in [0.25, 0.3) is 10.9 Å². The quantitative estimate of drug-likeness (QED) is 0.0453. The molecule has 2 aromatic carbocycles. The molecule has 0 aliphatic carbocycles. The maximum atomic E-state index is 14.4. The number of nitrogens with zero attached hydrogens (tertiary/aromatic N) is 1. The van der Waals surface area contributed by atoms with Gasteiger partial charge in [-0.15, -0.1) is 0 Å². The number of unbranched alkanes of at least 4 members (excludes halogenated alkanes) is 1. The van der Waals surface area contributed by atoms with Gasteiger partial charge in [0.15, 0.2) is 0 Å². The van der Waals surface area contributed by atoms with Gasteiger partial charge in [-0.25, -0.2) is 4.79 Å². The van der Waals surface area contributed by atoms with E-state index >= 15 is 0 Å². The third-order valence-corrected chi connectivity index (χ3v) is 12.3. The lowest BCUT2D eigenvalue weighted by atomic mass is 9.98. The zero-order chi connectivity index (χ0) is 52.4. The largest absolute Gasteiger partial charge is 0.481 e. The van der Waals surface area contributed by atoms with Gasteiger partial charge in [-0.05, 0) is 87.4 Å². The van der Waals surface area contributed by atoms with Gasteiger partial charge in [0.05, 0.1) is 6.04 Å². The number of carbonyl (C=O) groups excluding carboxylic acids is 7. The summed E-state index contributed by atoms with van der Waals surface area (Å²) >= 11 is 0. The number of para-hydroxylation sites is 1. The van der Waals surface area contributed by atoms with E-state index in [2.05, 4.69) is 36.9 Å². The third-order valence-electron chi connectivity index (χ3n) is 12.3. The lowest BCUT2D eigenvalue weighted by Crippen LogP contribution is -2.61. The molecule has 21 nitrogen and oxygen atoms in total. The van der Waals surface area contributed by atoms with Gasteiger partial charge in [-0.3, -0.25) is 38.4 Å². The number of aromatic amines is 1. The number of rotatable bonds is 28. The second-order valence-electron chi connectivity index (χ2n) is 19.0. The van der Waals surface area contributed by atoms with Crippen LogP contribution in [0.5, 0.6) is 0 Å². The molecule has 21 heteroatoms.